The van der Waals surface area contributed by atoms with Gasteiger partial charge in [-0.15, -0.1) is 0 Å². The normalized spacial score (nSPS) is 11.2. The summed E-state index contributed by atoms with van der Waals surface area (Å²) >= 11 is 5.83. The molecule has 0 bridgehead atoms. The maximum atomic E-state index is 11.4. The second-order valence-electron chi connectivity index (χ2n) is 4.00. The summed E-state index contributed by atoms with van der Waals surface area (Å²) in [5.41, 5.74) is 0.267. The van der Waals surface area contributed by atoms with Crippen molar-refractivity contribution in [2.75, 3.05) is 5.32 Å². The molecule has 0 saturated heterocycles. The molecule has 0 atom stereocenters. The average Bonchev–Trinajstić information content (AvgIpc) is 2.20. The van der Waals surface area contributed by atoms with E-state index in [0.29, 0.717) is 5.56 Å². The first kappa shape index (κ1) is 15.6. The Bertz CT molecular complexity index is 639. The number of anilines is 1. The molecule has 1 aromatic rings. The fourth-order valence-corrected chi connectivity index (χ4v) is 2.26. The van der Waals surface area contributed by atoms with Gasteiger partial charge in [0.2, 0.25) is 5.91 Å². The third-order valence-corrected chi connectivity index (χ3v) is 3.52. The van der Waals surface area contributed by atoms with Gasteiger partial charge < -0.3 is 5.32 Å². The molecule has 0 aliphatic heterocycles. The fourth-order valence-electron chi connectivity index (χ4n) is 1.39. The molecule has 0 fully saturated rings. The van der Waals surface area contributed by atoms with Gasteiger partial charge in [-0.25, -0.2) is 0 Å². The number of amides is 1. The topological polar surface area (TPSA) is 101 Å². The Morgan fingerprint density at radius 2 is 1.95 bits per heavy atom. The lowest BCUT2D eigenvalue weighted by molar-refractivity contribution is -0.124. The summed E-state index contributed by atoms with van der Waals surface area (Å²) in [5.74, 6) is -1.05. The van der Waals surface area contributed by atoms with Gasteiger partial charge in [0, 0.05) is 5.02 Å². The van der Waals surface area contributed by atoms with Crippen molar-refractivity contribution in [2.24, 2.45) is 0 Å². The molecule has 19 heavy (non-hydrogen) atoms. The minimum Gasteiger partial charge on any atom is -0.324 e. The Morgan fingerprint density at radius 1 is 1.37 bits per heavy atom. The molecular weight excluding hydrogens is 294 g/mol. The van der Waals surface area contributed by atoms with Gasteiger partial charge in [-0.2, -0.15) is 8.42 Å². The Balaban J connectivity index is 3.23. The molecule has 2 N–H and O–H groups in total. The van der Waals surface area contributed by atoms with E-state index in [1.807, 2.05) is 0 Å². The lowest BCUT2D eigenvalue weighted by Gasteiger charge is -2.10. The SMILES string of the molecule is CC(=O)CC(=O)Nc1cc(Cl)c(C)cc1S(=O)(=O)O. The molecule has 0 aliphatic carbocycles. The number of ketones is 1. The standard InChI is InChI=1S/C11H12ClNO5S/c1-6-3-10(19(16,17)18)9(5-8(6)12)13-11(15)4-7(2)14/h3,5H,4H2,1-2H3,(H,13,15)(H,16,17,18). The van der Waals surface area contributed by atoms with Crippen molar-refractivity contribution in [1.82, 2.24) is 0 Å². The number of halogens is 1. The lowest BCUT2D eigenvalue weighted by atomic mass is 10.2. The molecule has 6 nitrogen and oxygen atoms in total. The summed E-state index contributed by atoms with van der Waals surface area (Å²) in [6, 6.07) is 2.35. The molecule has 0 radical (unpaired) electrons. The van der Waals surface area contributed by atoms with E-state index in [0.717, 1.165) is 6.07 Å². The van der Waals surface area contributed by atoms with Crippen LogP contribution in [0.15, 0.2) is 17.0 Å². The van der Waals surface area contributed by atoms with Gasteiger partial charge in [-0.05, 0) is 31.5 Å². The zero-order valence-corrected chi connectivity index (χ0v) is 11.8. The van der Waals surface area contributed by atoms with Crippen molar-refractivity contribution >= 4 is 39.1 Å². The molecule has 1 rings (SSSR count). The van der Waals surface area contributed by atoms with Gasteiger partial charge in [0.1, 0.15) is 10.7 Å². The molecule has 0 aromatic heterocycles. The van der Waals surface area contributed by atoms with Crippen molar-refractivity contribution in [2.45, 2.75) is 25.2 Å². The van der Waals surface area contributed by atoms with E-state index in [2.05, 4.69) is 5.32 Å². The number of aryl methyl sites for hydroxylation is 1. The van der Waals surface area contributed by atoms with Crippen LogP contribution in [0.2, 0.25) is 5.02 Å². The number of Topliss-reactive ketones (excluding diaryl/α,β-unsaturated/α-hetero) is 1. The maximum absolute atomic E-state index is 11.4. The number of carbonyl (C=O) groups is 2. The van der Waals surface area contributed by atoms with Gasteiger partial charge in [-0.1, -0.05) is 11.6 Å². The van der Waals surface area contributed by atoms with Crippen LogP contribution in [0.4, 0.5) is 5.69 Å². The zero-order chi connectivity index (χ0) is 14.8. The number of hydrogen-bond acceptors (Lipinski definition) is 4. The van der Waals surface area contributed by atoms with Gasteiger partial charge in [0.05, 0.1) is 12.1 Å². The third kappa shape index (κ3) is 4.30. The highest BCUT2D eigenvalue weighted by Crippen LogP contribution is 2.28. The Labute approximate surface area is 115 Å². The van der Waals surface area contributed by atoms with Crippen LogP contribution < -0.4 is 5.32 Å². The summed E-state index contributed by atoms with van der Waals surface area (Å²) in [7, 11) is -4.51. The minimum absolute atomic E-state index is 0.163. The van der Waals surface area contributed by atoms with Crippen LogP contribution in [0.5, 0.6) is 0 Å². The monoisotopic (exact) mass is 305 g/mol. The number of carbonyl (C=O) groups excluding carboxylic acids is 2. The van der Waals surface area contributed by atoms with Crippen LogP contribution in [0, 0.1) is 6.92 Å². The van der Waals surface area contributed by atoms with Gasteiger partial charge in [0.15, 0.2) is 0 Å². The summed E-state index contributed by atoms with van der Waals surface area (Å²) in [4.78, 5) is 21.8. The van der Waals surface area contributed by atoms with Crippen molar-refractivity contribution in [3.8, 4) is 0 Å². The molecule has 1 aromatic carbocycles. The Kier molecular flexibility index (Phi) is 4.67. The summed E-state index contributed by atoms with van der Waals surface area (Å²) in [6.45, 7) is 2.78. The van der Waals surface area contributed by atoms with Crippen molar-refractivity contribution in [1.29, 1.82) is 0 Å². The maximum Gasteiger partial charge on any atom is 0.296 e. The first-order valence-corrected chi connectivity index (χ1v) is 7.00. The van der Waals surface area contributed by atoms with Crippen LogP contribution in [0.3, 0.4) is 0 Å². The second-order valence-corrected chi connectivity index (χ2v) is 5.80. The van der Waals surface area contributed by atoms with E-state index in [4.69, 9.17) is 16.2 Å². The summed E-state index contributed by atoms with van der Waals surface area (Å²) in [5, 5.41) is 2.46. The van der Waals surface area contributed by atoms with E-state index in [9.17, 15) is 18.0 Å². The number of nitrogens with one attached hydrogen (secondary N) is 1. The van der Waals surface area contributed by atoms with Crippen LogP contribution in [-0.4, -0.2) is 24.7 Å². The summed E-state index contributed by atoms with van der Waals surface area (Å²) in [6.07, 6.45) is -0.392. The van der Waals surface area contributed by atoms with E-state index < -0.39 is 27.3 Å². The van der Waals surface area contributed by atoms with Crippen molar-refractivity contribution < 1.29 is 22.6 Å². The molecular formula is C11H12ClNO5S. The van der Waals surface area contributed by atoms with E-state index >= 15 is 0 Å². The van der Waals surface area contributed by atoms with Gasteiger partial charge in [-0.3, -0.25) is 14.1 Å². The van der Waals surface area contributed by atoms with Gasteiger partial charge >= 0.3 is 0 Å². The second kappa shape index (κ2) is 5.68. The number of rotatable bonds is 4. The van der Waals surface area contributed by atoms with Crippen molar-refractivity contribution in [3.63, 3.8) is 0 Å². The third-order valence-electron chi connectivity index (χ3n) is 2.22. The van der Waals surface area contributed by atoms with Gasteiger partial charge in [0.25, 0.3) is 10.1 Å². The smallest absolute Gasteiger partial charge is 0.296 e. The Hall–Kier alpha value is -1.44. The Morgan fingerprint density at radius 3 is 2.42 bits per heavy atom. The predicted molar refractivity (Wildman–Crippen MR) is 69.9 cm³/mol. The highest BCUT2D eigenvalue weighted by atomic mass is 35.5. The summed E-state index contributed by atoms with van der Waals surface area (Å²) < 4.78 is 31.5. The zero-order valence-electron chi connectivity index (χ0n) is 10.2. The minimum atomic E-state index is -4.51. The van der Waals surface area contributed by atoms with Crippen molar-refractivity contribution in [3.05, 3.63) is 22.7 Å². The molecule has 104 valence electrons. The largest absolute Gasteiger partial charge is 0.324 e. The lowest BCUT2D eigenvalue weighted by Crippen LogP contribution is -2.17. The highest BCUT2D eigenvalue weighted by molar-refractivity contribution is 7.86. The fraction of sp³-hybridized carbons (Fsp3) is 0.273. The molecule has 1 amide bonds. The molecule has 0 aliphatic rings. The van der Waals surface area contributed by atoms with Crippen LogP contribution in [-0.2, 0) is 19.7 Å². The number of benzene rings is 1. The van der Waals surface area contributed by atoms with Crippen LogP contribution in [0.1, 0.15) is 18.9 Å². The van der Waals surface area contributed by atoms with Crippen LogP contribution >= 0.6 is 11.6 Å². The first-order chi connectivity index (χ1) is 8.61. The first-order valence-electron chi connectivity index (χ1n) is 5.18. The van der Waals surface area contributed by atoms with Crippen LogP contribution in [0.25, 0.3) is 0 Å². The molecule has 8 heteroatoms. The molecule has 0 saturated carbocycles. The highest BCUT2D eigenvalue weighted by Gasteiger charge is 2.19. The van der Waals surface area contributed by atoms with E-state index in [1.165, 1.54) is 13.0 Å². The molecule has 0 unspecified atom stereocenters. The van der Waals surface area contributed by atoms with E-state index in [1.54, 1.807) is 6.92 Å². The molecule has 0 spiro atoms. The predicted octanol–water partition coefficient (Wildman–Crippen LogP) is 1.81. The average molecular weight is 306 g/mol. The van der Waals surface area contributed by atoms with E-state index in [-0.39, 0.29) is 16.5 Å². The quantitative estimate of drug-likeness (QED) is 0.652. The number of hydrogen-bond donors (Lipinski definition) is 2. The molecule has 0 heterocycles.